The van der Waals surface area contributed by atoms with Gasteiger partial charge in [-0.3, -0.25) is 4.79 Å². The number of benzene rings is 1. The van der Waals surface area contributed by atoms with E-state index in [4.69, 9.17) is 22.1 Å². The number of hydrogen-bond acceptors (Lipinski definition) is 3. The molecule has 28 heavy (non-hydrogen) atoms. The second-order valence-electron chi connectivity index (χ2n) is 9.37. The molecule has 4 nitrogen and oxygen atoms in total. The minimum Gasteiger partial charge on any atom is -0.489 e. The minimum absolute atomic E-state index is 0.123. The maximum atomic E-state index is 12.0. The number of rotatable bonds is 6. The molecule has 0 saturated heterocycles. The van der Waals surface area contributed by atoms with E-state index < -0.39 is 0 Å². The Balaban J connectivity index is 1.30. The lowest BCUT2D eigenvalue weighted by atomic mass is 9.64. The van der Waals surface area contributed by atoms with Gasteiger partial charge in [-0.15, -0.1) is 0 Å². The zero-order chi connectivity index (χ0) is 19.3. The van der Waals surface area contributed by atoms with Crippen LogP contribution in [0.3, 0.4) is 0 Å². The van der Waals surface area contributed by atoms with Gasteiger partial charge in [0.15, 0.2) is 0 Å². The van der Waals surface area contributed by atoms with Gasteiger partial charge in [-0.2, -0.15) is 0 Å². The van der Waals surface area contributed by atoms with Crippen molar-refractivity contribution in [2.75, 3.05) is 0 Å². The van der Waals surface area contributed by atoms with E-state index >= 15 is 0 Å². The van der Waals surface area contributed by atoms with Crippen molar-refractivity contribution in [1.82, 2.24) is 4.98 Å². The molecular formula is C23H29ClN2O2. The van der Waals surface area contributed by atoms with Crippen LogP contribution in [0.5, 0.6) is 5.75 Å². The highest BCUT2D eigenvalue weighted by atomic mass is 35.5. The van der Waals surface area contributed by atoms with Crippen LogP contribution in [0.4, 0.5) is 0 Å². The summed E-state index contributed by atoms with van der Waals surface area (Å²) in [6.07, 6.45) is 13.0. The van der Waals surface area contributed by atoms with Gasteiger partial charge in [0, 0.05) is 17.6 Å². The maximum Gasteiger partial charge on any atom is 0.255 e. The molecule has 0 aliphatic heterocycles. The van der Waals surface area contributed by atoms with Crippen LogP contribution in [0, 0.1) is 17.3 Å². The van der Waals surface area contributed by atoms with E-state index in [-0.39, 0.29) is 11.7 Å². The lowest BCUT2D eigenvalue weighted by Gasteiger charge is -2.45. The molecule has 2 aromatic rings. The van der Waals surface area contributed by atoms with Crippen LogP contribution in [0.1, 0.15) is 57.8 Å². The highest BCUT2D eigenvalue weighted by Crippen LogP contribution is 2.54. The highest BCUT2D eigenvalue weighted by Gasteiger charge is 2.48. The molecule has 1 heterocycles. The number of hydrogen-bond donors (Lipinski definition) is 2. The van der Waals surface area contributed by atoms with Gasteiger partial charge >= 0.3 is 0 Å². The van der Waals surface area contributed by atoms with Crippen molar-refractivity contribution in [2.24, 2.45) is 23.0 Å². The van der Waals surface area contributed by atoms with Crippen molar-refractivity contribution in [3.05, 3.63) is 39.8 Å². The lowest BCUT2D eigenvalue weighted by Crippen LogP contribution is -2.47. The zero-order valence-electron chi connectivity index (χ0n) is 16.3. The molecule has 3 aliphatic rings. The Morgan fingerprint density at radius 1 is 1.18 bits per heavy atom. The molecule has 3 aliphatic carbocycles. The number of nitrogens with one attached hydrogen (secondary N) is 1. The van der Waals surface area contributed by atoms with Crippen LogP contribution in [0.25, 0.3) is 10.8 Å². The number of halogens is 1. The van der Waals surface area contributed by atoms with Crippen molar-refractivity contribution in [3.8, 4) is 5.75 Å². The molecule has 0 unspecified atom stereocenters. The Morgan fingerprint density at radius 2 is 1.93 bits per heavy atom. The molecule has 0 amide bonds. The number of pyridine rings is 1. The van der Waals surface area contributed by atoms with Crippen LogP contribution in [-0.2, 0) is 0 Å². The zero-order valence-corrected chi connectivity index (χ0v) is 17.0. The van der Waals surface area contributed by atoms with E-state index in [0.29, 0.717) is 27.6 Å². The smallest absolute Gasteiger partial charge is 0.255 e. The van der Waals surface area contributed by atoms with Crippen molar-refractivity contribution < 1.29 is 4.74 Å². The maximum absolute atomic E-state index is 12.0. The third-order valence-electron chi connectivity index (χ3n) is 7.28. The van der Waals surface area contributed by atoms with Crippen molar-refractivity contribution in [1.29, 1.82) is 0 Å². The monoisotopic (exact) mass is 400 g/mol. The summed E-state index contributed by atoms with van der Waals surface area (Å²) < 4.78 is 6.32. The second kappa shape index (κ2) is 7.07. The Bertz CT molecular complexity index is 924. The summed E-state index contributed by atoms with van der Waals surface area (Å²) in [5.41, 5.74) is 6.97. The van der Waals surface area contributed by atoms with Gasteiger partial charge in [0.1, 0.15) is 5.75 Å². The standard InChI is InChI=1S/C23H29ClN2O2/c24-19-12-18-16(7-10-26-22(18)27)11-20(19)28-17-5-8-23(9-6-17,13-14-1-2-14)21(25)15-3-4-15/h7,10-12,14-15,17,21H,1-6,8-9,13,25H2,(H,26,27)/t17-,21-,23-/m1/s1. The van der Waals surface area contributed by atoms with Crippen LogP contribution in [0.15, 0.2) is 29.2 Å². The number of H-pyrrole nitrogens is 1. The molecule has 3 saturated carbocycles. The fraction of sp³-hybridized carbons (Fsp3) is 0.609. The van der Waals surface area contributed by atoms with Gasteiger partial charge in [0.25, 0.3) is 5.56 Å². The summed E-state index contributed by atoms with van der Waals surface area (Å²) in [7, 11) is 0. The first-order chi connectivity index (χ1) is 13.5. The Labute approximate surface area is 170 Å². The normalized spacial score (nSPS) is 29.0. The van der Waals surface area contributed by atoms with Crippen LogP contribution >= 0.6 is 11.6 Å². The molecule has 5 rings (SSSR count). The fourth-order valence-electron chi connectivity index (χ4n) is 5.27. The molecule has 150 valence electrons. The van der Waals surface area contributed by atoms with Crippen molar-refractivity contribution in [2.45, 2.75) is 69.9 Å². The van der Waals surface area contributed by atoms with Crippen molar-refractivity contribution in [3.63, 3.8) is 0 Å². The first-order valence-corrected chi connectivity index (χ1v) is 11.2. The molecule has 1 aromatic heterocycles. The highest BCUT2D eigenvalue weighted by molar-refractivity contribution is 6.32. The molecule has 0 spiro atoms. The number of aromatic amines is 1. The lowest BCUT2D eigenvalue weighted by molar-refractivity contribution is 0.0447. The SMILES string of the molecule is N[C@H](C1CC1)[C@]1(CC2CC2)CC[C@@H](Oc2cc3cc[nH]c(=O)c3cc2Cl)CC1. The quantitative estimate of drug-likeness (QED) is 0.714. The number of aromatic nitrogens is 1. The van der Waals surface area contributed by atoms with Gasteiger partial charge in [0.2, 0.25) is 0 Å². The van der Waals surface area contributed by atoms with Gasteiger partial charge in [0.05, 0.1) is 11.1 Å². The molecule has 1 atom stereocenters. The minimum atomic E-state index is -0.123. The molecule has 0 bridgehead atoms. The predicted molar refractivity (Wildman–Crippen MR) is 113 cm³/mol. The summed E-state index contributed by atoms with van der Waals surface area (Å²) in [4.78, 5) is 14.6. The first-order valence-electron chi connectivity index (χ1n) is 10.8. The molecule has 1 aromatic carbocycles. The Hall–Kier alpha value is -1.52. The van der Waals surface area contributed by atoms with E-state index in [2.05, 4.69) is 4.98 Å². The van der Waals surface area contributed by atoms with E-state index in [0.717, 1.165) is 42.9 Å². The largest absolute Gasteiger partial charge is 0.489 e. The third-order valence-corrected chi connectivity index (χ3v) is 7.57. The van der Waals surface area contributed by atoms with Crippen LogP contribution in [-0.4, -0.2) is 17.1 Å². The third kappa shape index (κ3) is 3.57. The summed E-state index contributed by atoms with van der Waals surface area (Å²) in [6, 6.07) is 5.87. The summed E-state index contributed by atoms with van der Waals surface area (Å²) in [6.45, 7) is 0. The number of nitrogens with two attached hydrogens (primary N) is 1. The van der Waals surface area contributed by atoms with Crippen molar-refractivity contribution >= 4 is 22.4 Å². The topological polar surface area (TPSA) is 68.1 Å². The van der Waals surface area contributed by atoms with E-state index in [1.54, 1.807) is 12.3 Å². The summed E-state index contributed by atoms with van der Waals surface area (Å²) in [5, 5.41) is 1.97. The fourth-order valence-corrected chi connectivity index (χ4v) is 5.48. The molecule has 3 N–H and O–H groups in total. The van der Waals surface area contributed by atoms with E-state index in [9.17, 15) is 4.79 Å². The molecule has 3 fully saturated rings. The van der Waals surface area contributed by atoms with Crippen LogP contribution < -0.4 is 16.0 Å². The first kappa shape index (κ1) is 18.5. The summed E-state index contributed by atoms with van der Waals surface area (Å²) in [5.74, 6) is 2.35. The summed E-state index contributed by atoms with van der Waals surface area (Å²) >= 11 is 6.43. The average Bonchev–Trinajstić information content (AvgIpc) is 3.59. The van der Waals surface area contributed by atoms with Crippen LogP contribution in [0.2, 0.25) is 5.02 Å². The van der Waals surface area contributed by atoms with Gasteiger partial charge < -0.3 is 15.5 Å². The Morgan fingerprint density at radius 3 is 2.61 bits per heavy atom. The molecular weight excluding hydrogens is 372 g/mol. The second-order valence-corrected chi connectivity index (χ2v) is 9.77. The van der Waals surface area contributed by atoms with Gasteiger partial charge in [-0.25, -0.2) is 0 Å². The number of fused-ring (bicyclic) bond motifs is 1. The Kier molecular flexibility index (Phi) is 4.67. The van der Waals surface area contributed by atoms with E-state index in [1.165, 1.54) is 32.1 Å². The molecule has 5 heteroatoms. The number of ether oxygens (including phenoxy) is 1. The van der Waals surface area contributed by atoms with Gasteiger partial charge in [-0.1, -0.05) is 24.4 Å². The average molecular weight is 401 g/mol. The van der Waals surface area contributed by atoms with E-state index in [1.807, 2.05) is 12.1 Å². The predicted octanol–water partition coefficient (Wildman–Crippen LogP) is 5.03. The van der Waals surface area contributed by atoms with Gasteiger partial charge in [-0.05, 0) is 85.8 Å². The molecule has 0 radical (unpaired) electrons.